The maximum Gasteiger partial charge on any atom is 0.310 e. The first-order valence-corrected chi connectivity index (χ1v) is 7.26. The highest BCUT2D eigenvalue weighted by Crippen LogP contribution is 2.24. The number of hydrogen-bond acceptors (Lipinski definition) is 2. The number of hydrogen-bond donors (Lipinski definition) is 2. The SMILES string of the molecule is CC(C(=O)O)c1ccc(CNCC(C)(C)C(C)C)cc1. The first-order valence-electron chi connectivity index (χ1n) is 7.26. The van der Waals surface area contributed by atoms with Crippen LogP contribution < -0.4 is 5.32 Å². The third kappa shape index (κ3) is 4.64. The Kier molecular flexibility index (Phi) is 5.75. The van der Waals surface area contributed by atoms with Crippen molar-refractivity contribution in [3.8, 4) is 0 Å². The molecule has 1 atom stereocenters. The fraction of sp³-hybridized carbons (Fsp3) is 0.588. The predicted molar refractivity (Wildman–Crippen MR) is 82.8 cm³/mol. The summed E-state index contributed by atoms with van der Waals surface area (Å²) in [6.07, 6.45) is 0. The van der Waals surface area contributed by atoms with Crippen molar-refractivity contribution >= 4 is 5.97 Å². The Balaban J connectivity index is 2.53. The van der Waals surface area contributed by atoms with Crippen molar-refractivity contribution in [2.24, 2.45) is 11.3 Å². The summed E-state index contributed by atoms with van der Waals surface area (Å²) in [5.74, 6) is -0.597. The molecule has 0 spiro atoms. The van der Waals surface area contributed by atoms with Crippen LogP contribution in [0.2, 0.25) is 0 Å². The summed E-state index contributed by atoms with van der Waals surface area (Å²) in [6.45, 7) is 12.5. The van der Waals surface area contributed by atoms with Crippen molar-refractivity contribution in [1.29, 1.82) is 0 Å². The summed E-state index contributed by atoms with van der Waals surface area (Å²) in [5, 5.41) is 12.5. The molecule has 0 aliphatic rings. The van der Waals surface area contributed by atoms with Gasteiger partial charge < -0.3 is 10.4 Å². The van der Waals surface area contributed by atoms with E-state index < -0.39 is 11.9 Å². The van der Waals surface area contributed by atoms with Crippen LogP contribution in [0, 0.1) is 11.3 Å². The fourth-order valence-electron chi connectivity index (χ4n) is 1.80. The summed E-state index contributed by atoms with van der Waals surface area (Å²) in [4.78, 5) is 10.9. The Labute approximate surface area is 122 Å². The largest absolute Gasteiger partial charge is 0.481 e. The van der Waals surface area contributed by atoms with Gasteiger partial charge in [-0.15, -0.1) is 0 Å². The van der Waals surface area contributed by atoms with Gasteiger partial charge in [0, 0.05) is 13.1 Å². The van der Waals surface area contributed by atoms with E-state index in [9.17, 15) is 4.79 Å². The summed E-state index contributed by atoms with van der Waals surface area (Å²) in [6, 6.07) is 7.82. The van der Waals surface area contributed by atoms with Crippen molar-refractivity contribution in [2.75, 3.05) is 6.54 Å². The van der Waals surface area contributed by atoms with Crippen LogP contribution in [0.4, 0.5) is 0 Å². The van der Waals surface area contributed by atoms with E-state index in [1.807, 2.05) is 24.3 Å². The first kappa shape index (κ1) is 16.7. The highest BCUT2D eigenvalue weighted by molar-refractivity contribution is 5.75. The molecule has 0 saturated heterocycles. The van der Waals surface area contributed by atoms with Crippen LogP contribution in [0.1, 0.15) is 51.7 Å². The molecule has 0 saturated carbocycles. The maximum absolute atomic E-state index is 10.9. The van der Waals surface area contributed by atoms with Gasteiger partial charge in [-0.1, -0.05) is 52.0 Å². The van der Waals surface area contributed by atoms with E-state index in [1.54, 1.807) is 6.92 Å². The monoisotopic (exact) mass is 277 g/mol. The van der Waals surface area contributed by atoms with E-state index in [-0.39, 0.29) is 5.41 Å². The van der Waals surface area contributed by atoms with Gasteiger partial charge in [0.1, 0.15) is 0 Å². The van der Waals surface area contributed by atoms with Crippen molar-refractivity contribution in [1.82, 2.24) is 5.32 Å². The van der Waals surface area contributed by atoms with E-state index in [2.05, 4.69) is 33.0 Å². The minimum Gasteiger partial charge on any atom is -0.481 e. The molecule has 1 unspecified atom stereocenters. The van der Waals surface area contributed by atoms with Crippen LogP contribution in [-0.4, -0.2) is 17.6 Å². The zero-order valence-electron chi connectivity index (χ0n) is 13.2. The summed E-state index contributed by atoms with van der Waals surface area (Å²) in [7, 11) is 0. The topological polar surface area (TPSA) is 49.3 Å². The van der Waals surface area contributed by atoms with Gasteiger partial charge in [0.25, 0.3) is 0 Å². The average molecular weight is 277 g/mol. The molecule has 2 N–H and O–H groups in total. The highest BCUT2D eigenvalue weighted by Gasteiger charge is 2.21. The van der Waals surface area contributed by atoms with E-state index in [1.165, 1.54) is 5.56 Å². The van der Waals surface area contributed by atoms with Gasteiger partial charge >= 0.3 is 5.97 Å². The standard InChI is InChI=1S/C17H27NO2/c1-12(2)17(4,5)11-18-10-14-6-8-15(9-7-14)13(3)16(19)20/h6-9,12-13,18H,10-11H2,1-5H3,(H,19,20). The molecular formula is C17H27NO2. The van der Waals surface area contributed by atoms with Crippen LogP contribution in [0.15, 0.2) is 24.3 Å². The van der Waals surface area contributed by atoms with Crippen molar-refractivity contribution in [3.63, 3.8) is 0 Å². The highest BCUT2D eigenvalue weighted by atomic mass is 16.4. The van der Waals surface area contributed by atoms with Gasteiger partial charge in [0.05, 0.1) is 5.92 Å². The third-order valence-corrected chi connectivity index (χ3v) is 4.32. The van der Waals surface area contributed by atoms with Crippen LogP contribution >= 0.6 is 0 Å². The molecule has 3 heteroatoms. The molecular weight excluding hydrogens is 250 g/mol. The Morgan fingerprint density at radius 3 is 2.20 bits per heavy atom. The Hall–Kier alpha value is -1.35. The number of nitrogens with one attached hydrogen (secondary N) is 1. The second-order valence-electron chi connectivity index (χ2n) is 6.55. The molecule has 0 aliphatic heterocycles. The first-order chi connectivity index (χ1) is 9.24. The smallest absolute Gasteiger partial charge is 0.310 e. The van der Waals surface area contributed by atoms with Crippen LogP contribution in [0.3, 0.4) is 0 Å². The second kappa shape index (κ2) is 6.89. The number of aliphatic carboxylic acids is 1. The van der Waals surface area contributed by atoms with E-state index in [0.717, 1.165) is 18.7 Å². The van der Waals surface area contributed by atoms with Crippen LogP contribution in [0.5, 0.6) is 0 Å². The zero-order chi connectivity index (χ0) is 15.3. The van der Waals surface area contributed by atoms with E-state index >= 15 is 0 Å². The molecule has 3 nitrogen and oxygen atoms in total. The molecule has 1 aromatic carbocycles. The number of carboxylic acid groups (broad SMARTS) is 1. The lowest BCUT2D eigenvalue weighted by Gasteiger charge is -2.29. The molecule has 0 bridgehead atoms. The van der Waals surface area contributed by atoms with Crippen molar-refractivity contribution < 1.29 is 9.90 Å². The number of carboxylic acids is 1. The number of rotatable bonds is 7. The van der Waals surface area contributed by atoms with E-state index in [0.29, 0.717) is 5.92 Å². The summed E-state index contributed by atoms with van der Waals surface area (Å²) < 4.78 is 0. The lowest BCUT2D eigenvalue weighted by molar-refractivity contribution is -0.138. The van der Waals surface area contributed by atoms with E-state index in [4.69, 9.17) is 5.11 Å². The molecule has 1 rings (SSSR count). The maximum atomic E-state index is 10.9. The van der Waals surface area contributed by atoms with Gasteiger partial charge in [-0.25, -0.2) is 0 Å². The van der Waals surface area contributed by atoms with Gasteiger partial charge in [-0.05, 0) is 29.4 Å². The molecule has 0 fully saturated rings. The molecule has 20 heavy (non-hydrogen) atoms. The average Bonchev–Trinajstić information content (AvgIpc) is 2.38. The molecule has 0 heterocycles. The van der Waals surface area contributed by atoms with Crippen LogP contribution in [0.25, 0.3) is 0 Å². The fourth-order valence-corrected chi connectivity index (χ4v) is 1.80. The van der Waals surface area contributed by atoms with Crippen LogP contribution in [-0.2, 0) is 11.3 Å². The molecule has 1 aromatic rings. The van der Waals surface area contributed by atoms with Crippen molar-refractivity contribution in [3.05, 3.63) is 35.4 Å². The molecule has 0 aliphatic carbocycles. The minimum atomic E-state index is -0.783. The second-order valence-corrected chi connectivity index (χ2v) is 6.55. The van der Waals surface area contributed by atoms with Gasteiger partial charge in [-0.3, -0.25) is 4.79 Å². The van der Waals surface area contributed by atoms with Crippen molar-refractivity contribution in [2.45, 2.75) is 47.1 Å². The lowest BCUT2D eigenvalue weighted by atomic mass is 9.81. The third-order valence-electron chi connectivity index (χ3n) is 4.32. The summed E-state index contributed by atoms with van der Waals surface area (Å²) in [5.41, 5.74) is 2.31. The Bertz CT molecular complexity index is 435. The quantitative estimate of drug-likeness (QED) is 0.800. The molecule has 112 valence electrons. The Morgan fingerprint density at radius 1 is 1.20 bits per heavy atom. The minimum absolute atomic E-state index is 0.276. The number of carbonyl (C=O) groups is 1. The normalized spacial score (nSPS) is 13.5. The predicted octanol–water partition coefficient (Wildman–Crippen LogP) is 3.65. The lowest BCUT2D eigenvalue weighted by Crippen LogP contribution is -2.33. The van der Waals surface area contributed by atoms with Gasteiger partial charge in [0.15, 0.2) is 0 Å². The van der Waals surface area contributed by atoms with Gasteiger partial charge in [0.2, 0.25) is 0 Å². The number of benzene rings is 1. The van der Waals surface area contributed by atoms with Gasteiger partial charge in [-0.2, -0.15) is 0 Å². The molecule has 0 radical (unpaired) electrons. The Morgan fingerprint density at radius 2 is 1.75 bits per heavy atom. The molecule has 0 amide bonds. The molecule has 0 aromatic heterocycles. The zero-order valence-corrected chi connectivity index (χ0v) is 13.2. The summed E-state index contributed by atoms with van der Waals surface area (Å²) >= 11 is 0.